The lowest BCUT2D eigenvalue weighted by Gasteiger charge is -1.99. The van der Waals surface area contributed by atoms with Crippen LogP contribution >= 0.6 is 11.3 Å². The van der Waals surface area contributed by atoms with E-state index in [0.29, 0.717) is 23.9 Å². The van der Waals surface area contributed by atoms with Gasteiger partial charge in [-0.3, -0.25) is 4.79 Å². The molecule has 1 amide bonds. The molecule has 0 aliphatic carbocycles. The molecule has 90 valence electrons. The molecule has 0 fully saturated rings. The molecule has 0 atom stereocenters. The molecular formula is C11H13N3O2S. The van der Waals surface area contributed by atoms with E-state index in [1.54, 1.807) is 13.2 Å². The van der Waals surface area contributed by atoms with E-state index in [9.17, 15) is 4.79 Å². The van der Waals surface area contributed by atoms with E-state index < -0.39 is 0 Å². The summed E-state index contributed by atoms with van der Waals surface area (Å²) in [5.41, 5.74) is 1.71. The lowest BCUT2D eigenvalue weighted by atomic mass is 10.2. The first kappa shape index (κ1) is 11.8. The number of nitrogens with one attached hydrogen (secondary N) is 1. The fourth-order valence-corrected chi connectivity index (χ4v) is 2.06. The minimum absolute atomic E-state index is 0.0556. The largest absolute Gasteiger partial charge is 0.449 e. The van der Waals surface area contributed by atoms with Gasteiger partial charge < -0.3 is 9.73 Å². The van der Waals surface area contributed by atoms with E-state index in [4.69, 9.17) is 4.42 Å². The number of hydrogen-bond acceptors (Lipinski definition) is 5. The summed E-state index contributed by atoms with van der Waals surface area (Å²) in [4.78, 5) is 19.9. The fourth-order valence-electron chi connectivity index (χ4n) is 1.36. The van der Waals surface area contributed by atoms with Crippen molar-refractivity contribution in [3.8, 4) is 0 Å². The Hall–Kier alpha value is -1.69. The molecule has 0 saturated heterocycles. The van der Waals surface area contributed by atoms with Crippen LogP contribution in [-0.2, 0) is 11.2 Å². The van der Waals surface area contributed by atoms with Crippen LogP contribution in [0.25, 0.3) is 0 Å². The molecule has 0 saturated carbocycles. The summed E-state index contributed by atoms with van der Waals surface area (Å²) < 4.78 is 5.07. The number of aromatic nitrogens is 2. The Morgan fingerprint density at radius 2 is 2.29 bits per heavy atom. The SMILES string of the molecule is Cc1csc(NC(=O)CCc2coc(C)n2)n1. The van der Waals surface area contributed by atoms with E-state index in [-0.39, 0.29) is 5.91 Å². The topological polar surface area (TPSA) is 68.0 Å². The normalized spacial score (nSPS) is 10.5. The number of rotatable bonds is 4. The average molecular weight is 251 g/mol. The van der Waals surface area contributed by atoms with E-state index in [1.165, 1.54) is 11.3 Å². The molecular weight excluding hydrogens is 238 g/mol. The molecule has 17 heavy (non-hydrogen) atoms. The highest BCUT2D eigenvalue weighted by Gasteiger charge is 2.07. The van der Waals surface area contributed by atoms with Gasteiger partial charge in [-0.15, -0.1) is 11.3 Å². The molecule has 0 spiro atoms. The summed E-state index contributed by atoms with van der Waals surface area (Å²) in [6.07, 6.45) is 2.54. The smallest absolute Gasteiger partial charge is 0.226 e. The second-order valence-corrected chi connectivity index (χ2v) is 4.56. The van der Waals surface area contributed by atoms with E-state index >= 15 is 0 Å². The minimum Gasteiger partial charge on any atom is -0.449 e. The van der Waals surface area contributed by atoms with E-state index in [2.05, 4.69) is 15.3 Å². The first-order chi connectivity index (χ1) is 8.13. The molecule has 5 nitrogen and oxygen atoms in total. The monoisotopic (exact) mass is 251 g/mol. The molecule has 6 heteroatoms. The number of anilines is 1. The summed E-state index contributed by atoms with van der Waals surface area (Å²) in [5.74, 6) is 0.566. The van der Waals surface area contributed by atoms with Crippen LogP contribution in [0.2, 0.25) is 0 Å². The molecule has 2 aromatic heterocycles. The second-order valence-electron chi connectivity index (χ2n) is 3.70. The van der Waals surface area contributed by atoms with Gasteiger partial charge in [-0.05, 0) is 6.92 Å². The van der Waals surface area contributed by atoms with Crippen LogP contribution in [0.15, 0.2) is 16.1 Å². The molecule has 0 unspecified atom stereocenters. The van der Waals surface area contributed by atoms with Gasteiger partial charge in [0.25, 0.3) is 0 Å². The lowest BCUT2D eigenvalue weighted by Crippen LogP contribution is -2.12. The summed E-state index contributed by atoms with van der Waals surface area (Å²) in [5, 5.41) is 5.29. The van der Waals surface area contributed by atoms with Crippen LogP contribution in [0.5, 0.6) is 0 Å². The summed E-state index contributed by atoms with van der Waals surface area (Å²) >= 11 is 1.43. The molecule has 0 radical (unpaired) electrons. The number of oxazole rings is 1. The van der Waals surface area contributed by atoms with Crippen LogP contribution in [0, 0.1) is 13.8 Å². The predicted octanol–water partition coefficient (Wildman–Crippen LogP) is 2.32. The maximum Gasteiger partial charge on any atom is 0.226 e. The maximum atomic E-state index is 11.6. The highest BCUT2D eigenvalue weighted by atomic mass is 32.1. The maximum absolute atomic E-state index is 11.6. The van der Waals surface area contributed by atoms with Crippen molar-refractivity contribution in [1.82, 2.24) is 9.97 Å². The van der Waals surface area contributed by atoms with Crippen LogP contribution in [-0.4, -0.2) is 15.9 Å². The summed E-state index contributed by atoms with van der Waals surface area (Å²) in [6, 6.07) is 0. The van der Waals surface area contributed by atoms with Crippen molar-refractivity contribution < 1.29 is 9.21 Å². The highest BCUT2D eigenvalue weighted by molar-refractivity contribution is 7.13. The molecule has 1 N–H and O–H groups in total. The molecule has 0 aromatic carbocycles. The fraction of sp³-hybridized carbons (Fsp3) is 0.364. The number of amides is 1. The minimum atomic E-state index is -0.0556. The van der Waals surface area contributed by atoms with E-state index in [0.717, 1.165) is 11.4 Å². The van der Waals surface area contributed by atoms with Gasteiger partial charge in [-0.25, -0.2) is 9.97 Å². The number of nitrogens with zero attached hydrogens (tertiary/aromatic N) is 2. The Kier molecular flexibility index (Phi) is 3.53. The Labute approximate surface area is 103 Å². The van der Waals surface area contributed by atoms with Gasteiger partial charge in [0.05, 0.1) is 11.4 Å². The van der Waals surface area contributed by atoms with Gasteiger partial charge in [-0.1, -0.05) is 0 Å². The van der Waals surface area contributed by atoms with Crippen molar-refractivity contribution in [3.63, 3.8) is 0 Å². The molecule has 2 rings (SSSR count). The number of carbonyl (C=O) groups is 1. The van der Waals surface area contributed by atoms with Gasteiger partial charge in [0.15, 0.2) is 11.0 Å². The quantitative estimate of drug-likeness (QED) is 0.905. The lowest BCUT2D eigenvalue weighted by molar-refractivity contribution is -0.116. The van der Waals surface area contributed by atoms with Crippen molar-refractivity contribution in [2.24, 2.45) is 0 Å². The van der Waals surface area contributed by atoms with Gasteiger partial charge in [0.2, 0.25) is 5.91 Å². The van der Waals surface area contributed by atoms with Crippen molar-refractivity contribution in [3.05, 3.63) is 28.9 Å². The van der Waals surface area contributed by atoms with Crippen molar-refractivity contribution in [2.45, 2.75) is 26.7 Å². The third-order valence-corrected chi connectivity index (χ3v) is 3.02. The van der Waals surface area contributed by atoms with Crippen LogP contribution in [0.1, 0.15) is 23.7 Å². The zero-order valence-electron chi connectivity index (χ0n) is 9.69. The summed E-state index contributed by atoms with van der Waals surface area (Å²) in [7, 11) is 0. The van der Waals surface area contributed by atoms with Crippen LogP contribution in [0.4, 0.5) is 5.13 Å². The van der Waals surface area contributed by atoms with Gasteiger partial charge in [0.1, 0.15) is 6.26 Å². The highest BCUT2D eigenvalue weighted by Crippen LogP contribution is 2.14. The second kappa shape index (κ2) is 5.09. The zero-order valence-corrected chi connectivity index (χ0v) is 10.5. The predicted molar refractivity (Wildman–Crippen MR) is 65.0 cm³/mol. The Morgan fingerprint density at radius 1 is 1.47 bits per heavy atom. The number of aryl methyl sites for hydroxylation is 3. The van der Waals surface area contributed by atoms with Gasteiger partial charge >= 0.3 is 0 Å². The first-order valence-electron chi connectivity index (χ1n) is 5.26. The van der Waals surface area contributed by atoms with Crippen LogP contribution in [0.3, 0.4) is 0 Å². The first-order valence-corrected chi connectivity index (χ1v) is 6.14. The molecule has 0 aliphatic heterocycles. The van der Waals surface area contributed by atoms with Crippen molar-refractivity contribution in [1.29, 1.82) is 0 Å². The van der Waals surface area contributed by atoms with Crippen molar-refractivity contribution >= 4 is 22.4 Å². The molecule has 0 aliphatic rings. The van der Waals surface area contributed by atoms with E-state index in [1.807, 2.05) is 12.3 Å². The molecule has 2 heterocycles. The Morgan fingerprint density at radius 3 is 2.88 bits per heavy atom. The standard InChI is InChI=1S/C11H13N3O2S/c1-7-6-17-11(12-7)14-10(15)4-3-9-5-16-8(2)13-9/h5-6H,3-4H2,1-2H3,(H,12,14,15). The number of carbonyl (C=O) groups excluding carboxylic acids is 1. The number of hydrogen-bond donors (Lipinski definition) is 1. The molecule has 2 aromatic rings. The Bertz CT molecular complexity index is 518. The third kappa shape index (κ3) is 3.39. The average Bonchev–Trinajstić information content (AvgIpc) is 2.85. The van der Waals surface area contributed by atoms with Gasteiger partial charge in [0, 0.05) is 25.1 Å². The number of thiazole rings is 1. The zero-order chi connectivity index (χ0) is 12.3. The van der Waals surface area contributed by atoms with Gasteiger partial charge in [-0.2, -0.15) is 0 Å². The Balaban J connectivity index is 1.82. The summed E-state index contributed by atoms with van der Waals surface area (Å²) in [6.45, 7) is 3.67. The molecule has 0 bridgehead atoms. The third-order valence-electron chi connectivity index (χ3n) is 2.14. The van der Waals surface area contributed by atoms with Crippen molar-refractivity contribution in [2.75, 3.05) is 5.32 Å². The van der Waals surface area contributed by atoms with Crippen LogP contribution < -0.4 is 5.32 Å².